The van der Waals surface area contributed by atoms with E-state index < -0.39 is 0 Å². The molecule has 0 aromatic carbocycles. The van der Waals surface area contributed by atoms with Crippen molar-refractivity contribution in [2.24, 2.45) is 17.6 Å². The molecule has 0 saturated carbocycles. The number of nitrogens with one attached hydrogen (secondary N) is 1. The predicted molar refractivity (Wildman–Crippen MR) is 64.5 cm³/mol. The predicted octanol–water partition coefficient (Wildman–Crippen LogP) is 1.42. The monoisotopic (exact) mass is 225 g/mol. The molecule has 0 saturated heterocycles. The number of nitriles is 1. The van der Waals surface area contributed by atoms with Crippen molar-refractivity contribution in [3.05, 3.63) is 0 Å². The van der Waals surface area contributed by atoms with Crippen LogP contribution in [0.5, 0.6) is 0 Å². The summed E-state index contributed by atoms with van der Waals surface area (Å²) in [5.74, 6) is 0.893. The van der Waals surface area contributed by atoms with Gasteiger partial charge in [-0.1, -0.05) is 13.8 Å². The minimum absolute atomic E-state index is 0.0500. The molecule has 0 aliphatic heterocycles. The van der Waals surface area contributed by atoms with Crippen LogP contribution in [0.4, 0.5) is 0 Å². The summed E-state index contributed by atoms with van der Waals surface area (Å²) in [5, 5.41) is 11.1. The smallest absolute Gasteiger partial charge is 0.220 e. The molecule has 0 heterocycles. The number of hydrogen-bond acceptors (Lipinski definition) is 3. The highest BCUT2D eigenvalue weighted by atomic mass is 16.1. The number of amides is 1. The van der Waals surface area contributed by atoms with Gasteiger partial charge in [-0.25, -0.2) is 0 Å². The minimum Gasteiger partial charge on any atom is -0.356 e. The molecule has 0 aliphatic rings. The summed E-state index contributed by atoms with van der Waals surface area (Å²) in [6.45, 7) is 5.41. The van der Waals surface area contributed by atoms with E-state index in [1.807, 2.05) is 6.07 Å². The van der Waals surface area contributed by atoms with E-state index >= 15 is 0 Å². The zero-order valence-electron chi connectivity index (χ0n) is 10.3. The molecule has 4 heteroatoms. The minimum atomic E-state index is 0.0500. The van der Waals surface area contributed by atoms with Crippen molar-refractivity contribution in [2.45, 2.75) is 39.5 Å². The molecule has 0 aromatic heterocycles. The lowest BCUT2D eigenvalue weighted by atomic mass is 9.94. The first kappa shape index (κ1) is 14.9. The third-order valence-electron chi connectivity index (χ3n) is 2.40. The van der Waals surface area contributed by atoms with Gasteiger partial charge in [-0.2, -0.15) is 5.26 Å². The van der Waals surface area contributed by atoms with E-state index in [1.165, 1.54) is 0 Å². The normalized spacial score (nSPS) is 12.2. The first-order valence-corrected chi connectivity index (χ1v) is 5.93. The lowest BCUT2D eigenvalue weighted by Gasteiger charge is -2.16. The second kappa shape index (κ2) is 9.17. The van der Waals surface area contributed by atoms with Gasteiger partial charge in [0.2, 0.25) is 5.91 Å². The van der Waals surface area contributed by atoms with Gasteiger partial charge in [-0.05, 0) is 31.2 Å². The average Bonchev–Trinajstić information content (AvgIpc) is 2.23. The lowest BCUT2D eigenvalue weighted by molar-refractivity contribution is -0.122. The van der Waals surface area contributed by atoms with Gasteiger partial charge in [0.1, 0.15) is 0 Å². The molecule has 92 valence electrons. The number of nitrogens with zero attached hydrogens (tertiary/aromatic N) is 1. The fraction of sp³-hybridized carbons (Fsp3) is 0.833. The SMILES string of the molecule is CC(C)CC(CN)CC(=O)NCCCC#N. The molecule has 0 bridgehead atoms. The molecule has 16 heavy (non-hydrogen) atoms. The second-order valence-corrected chi connectivity index (χ2v) is 4.55. The Kier molecular flexibility index (Phi) is 8.55. The fourth-order valence-corrected chi connectivity index (χ4v) is 1.66. The highest BCUT2D eigenvalue weighted by Gasteiger charge is 2.13. The van der Waals surface area contributed by atoms with Crippen LogP contribution in [0.25, 0.3) is 0 Å². The van der Waals surface area contributed by atoms with Crippen molar-refractivity contribution in [1.82, 2.24) is 5.32 Å². The van der Waals surface area contributed by atoms with E-state index in [4.69, 9.17) is 11.0 Å². The number of unbranched alkanes of at least 4 members (excludes halogenated alkanes) is 1. The summed E-state index contributed by atoms with van der Waals surface area (Å²) in [7, 11) is 0. The van der Waals surface area contributed by atoms with Crippen LogP contribution in [-0.4, -0.2) is 19.0 Å². The molecule has 0 aliphatic carbocycles. The summed E-state index contributed by atoms with van der Waals surface area (Å²) < 4.78 is 0. The van der Waals surface area contributed by atoms with Crippen LogP contribution in [0.2, 0.25) is 0 Å². The molecule has 0 spiro atoms. The summed E-state index contributed by atoms with van der Waals surface area (Å²) >= 11 is 0. The second-order valence-electron chi connectivity index (χ2n) is 4.55. The molecule has 3 N–H and O–H groups in total. The zero-order valence-corrected chi connectivity index (χ0v) is 10.3. The van der Waals surface area contributed by atoms with Crippen molar-refractivity contribution < 1.29 is 4.79 Å². The first-order chi connectivity index (χ1) is 7.60. The average molecular weight is 225 g/mol. The van der Waals surface area contributed by atoms with Crippen molar-refractivity contribution in [2.75, 3.05) is 13.1 Å². The fourth-order valence-electron chi connectivity index (χ4n) is 1.66. The molecule has 1 atom stereocenters. The Balaban J connectivity index is 3.71. The number of carbonyl (C=O) groups is 1. The molecular formula is C12H23N3O. The van der Waals surface area contributed by atoms with Gasteiger partial charge >= 0.3 is 0 Å². The number of hydrogen-bond donors (Lipinski definition) is 2. The summed E-state index contributed by atoms with van der Waals surface area (Å²) in [4.78, 5) is 11.5. The topological polar surface area (TPSA) is 78.9 Å². The Morgan fingerprint density at radius 3 is 2.69 bits per heavy atom. The van der Waals surface area contributed by atoms with E-state index in [1.54, 1.807) is 0 Å². The Morgan fingerprint density at radius 1 is 1.50 bits per heavy atom. The largest absolute Gasteiger partial charge is 0.356 e. The Bertz CT molecular complexity index is 233. The van der Waals surface area contributed by atoms with Crippen molar-refractivity contribution in [1.29, 1.82) is 5.26 Å². The quantitative estimate of drug-likeness (QED) is 0.613. The number of carbonyl (C=O) groups excluding carboxylic acids is 1. The summed E-state index contributed by atoms with van der Waals surface area (Å²) in [6.07, 6.45) is 2.70. The third-order valence-corrected chi connectivity index (χ3v) is 2.40. The van der Waals surface area contributed by atoms with Crippen LogP contribution in [0.15, 0.2) is 0 Å². The Hall–Kier alpha value is -1.08. The first-order valence-electron chi connectivity index (χ1n) is 5.93. The van der Waals surface area contributed by atoms with Crippen molar-refractivity contribution >= 4 is 5.91 Å². The van der Waals surface area contributed by atoms with Crippen LogP contribution >= 0.6 is 0 Å². The third kappa shape index (κ3) is 8.25. The van der Waals surface area contributed by atoms with Crippen molar-refractivity contribution in [3.63, 3.8) is 0 Å². The maximum atomic E-state index is 11.5. The molecule has 1 amide bonds. The van der Waals surface area contributed by atoms with Gasteiger partial charge in [0.15, 0.2) is 0 Å². The molecule has 0 aromatic rings. The van der Waals surface area contributed by atoms with Gasteiger partial charge in [0.05, 0.1) is 6.07 Å². The van der Waals surface area contributed by atoms with E-state index in [0.717, 1.165) is 12.8 Å². The van der Waals surface area contributed by atoms with Crippen LogP contribution in [0, 0.1) is 23.2 Å². The van der Waals surface area contributed by atoms with Gasteiger partial charge in [0, 0.05) is 19.4 Å². The standard InChI is InChI=1S/C12H23N3O/c1-10(2)7-11(9-14)8-12(16)15-6-4-3-5-13/h10-11H,3-4,6-9,14H2,1-2H3,(H,15,16). The Labute approximate surface area is 98.2 Å². The van der Waals surface area contributed by atoms with E-state index in [2.05, 4.69) is 19.2 Å². The van der Waals surface area contributed by atoms with Crippen LogP contribution < -0.4 is 11.1 Å². The molecule has 0 fully saturated rings. The Morgan fingerprint density at radius 2 is 2.19 bits per heavy atom. The molecule has 0 rings (SSSR count). The van der Waals surface area contributed by atoms with Gasteiger partial charge in [-0.15, -0.1) is 0 Å². The highest BCUT2D eigenvalue weighted by Crippen LogP contribution is 2.13. The zero-order chi connectivity index (χ0) is 12.4. The van der Waals surface area contributed by atoms with Gasteiger partial charge in [-0.3, -0.25) is 4.79 Å². The van der Waals surface area contributed by atoms with Gasteiger partial charge in [0.25, 0.3) is 0 Å². The van der Waals surface area contributed by atoms with Crippen molar-refractivity contribution in [3.8, 4) is 6.07 Å². The van der Waals surface area contributed by atoms with Crippen LogP contribution in [0.3, 0.4) is 0 Å². The molecule has 1 unspecified atom stereocenters. The lowest BCUT2D eigenvalue weighted by Crippen LogP contribution is -2.29. The highest BCUT2D eigenvalue weighted by molar-refractivity contribution is 5.76. The van der Waals surface area contributed by atoms with E-state index in [0.29, 0.717) is 31.8 Å². The molecular weight excluding hydrogens is 202 g/mol. The number of nitrogens with two attached hydrogens (primary N) is 1. The van der Waals surface area contributed by atoms with Gasteiger partial charge < -0.3 is 11.1 Å². The van der Waals surface area contributed by atoms with Crippen LogP contribution in [-0.2, 0) is 4.79 Å². The van der Waals surface area contributed by atoms with E-state index in [-0.39, 0.29) is 11.8 Å². The van der Waals surface area contributed by atoms with Crippen LogP contribution in [0.1, 0.15) is 39.5 Å². The maximum absolute atomic E-state index is 11.5. The maximum Gasteiger partial charge on any atom is 0.220 e. The summed E-state index contributed by atoms with van der Waals surface area (Å²) in [6, 6.07) is 2.05. The summed E-state index contributed by atoms with van der Waals surface area (Å²) in [5.41, 5.74) is 5.62. The molecule has 4 nitrogen and oxygen atoms in total. The molecule has 0 radical (unpaired) electrons. The van der Waals surface area contributed by atoms with E-state index in [9.17, 15) is 4.79 Å². The number of rotatable bonds is 8.